The normalized spacial score (nSPS) is 18.6. The lowest BCUT2D eigenvalue weighted by Crippen LogP contribution is -2.40. The first kappa shape index (κ1) is 18.9. The molecule has 1 aromatic carbocycles. The van der Waals surface area contributed by atoms with Crippen LogP contribution in [0.2, 0.25) is 0 Å². The summed E-state index contributed by atoms with van der Waals surface area (Å²) in [5, 5.41) is 6.08. The Labute approximate surface area is 144 Å². The number of rotatable bonds is 5. The molecule has 0 spiro atoms. The van der Waals surface area contributed by atoms with Crippen LogP contribution < -0.4 is 15.4 Å². The summed E-state index contributed by atoms with van der Waals surface area (Å²) in [6, 6.07) is 5.16. The maximum atomic E-state index is 12.6. The predicted octanol–water partition coefficient (Wildman–Crippen LogP) is 2.15. The van der Waals surface area contributed by atoms with E-state index < -0.39 is 15.6 Å². The molecule has 6 nitrogen and oxygen atoms in total. The van der Waals surface area contributed by atoms with Crippen molar-refractivity contribution in [2.45, 2.75) is 63.4 Å². The number of nitrogens with one attached hydrogen (secondary N) is 3. The van der Waals surface area contributed by atoms with Crippen LogP contribution in [0.3, 0.4) is 0 Å². The largest absolute Gasteiger partial charge is 0.326 e. The zero-order valence-corrected chi connectivity index (χ0v) is 15.6. The molecule has 1 aliphatic rings. The van der Waals surface area contributed by atoms with Crippen LogP contribution in [0, 0.1) is 6.92 Å². The summed E-state index contributed by atoms with van der Waals surface area (Å²) in [5.41, 5.74) is 0.568. The molecule has 7 heteroatoms. The topological polar surface area (TPSA) is 87.3 Å². The van der Waals surface area contributed by atoms with Gasteiger partial charge in [-0.1, -0.05) is 6.07 Å². The van der Waals surface area contributed by atoms with E-state index in [4.69, 9.17) is 0 Å². The van der Waals surface area contributed by atoms with Crippen molar-refractivity contribution in [2.75, 3.05) is 11.9 Å². The second kappa shape index (κ2) is 7.21. The lowest BCUT2D eigenvalue weighted by atomic mass is 10.1. The zero-order chi connectivity index (χ0) is 18.0. The van der Waals surface area contributed by atoms with Gasteiger partial charge >= 0.3 is 0 Å². The van der Waals surface area contributed by atoms with Crippen LogP contribution in [-0.2, 0) is 14.8 Å². The Balaban J connectivity index is 2.14. The van der Waals surface area contributed by atoms with E-state index in [1.54, 1.807) is 39.8 Å². The molecule has 1 heterocycles. The van der Waals surface area contributed by atoms with Gasteiger partial charge in [-0.05, 0) is 64.8 Å². The third kappa shape index (κ3) is 5.29. The molecule has 1 aromatic rings. The molecular weight excluding hydrogens is 326 g/mol. The van der Waals surface area contributed by atoms with Gasteiger partial charge in [-0.3, -0.25) is 4.79 Å². The smallest absolute Gasteiger partial charge is 0.241 e. The van der Waals surface area contributed by atoms with Crippen molar-refractivity contribution in [2.24, 2.45) is 0 Å². The van der Waals surface area contributed by atoms with Gasteiger partial charge in [0.1, 0.15) is 0 Å². The molecule has 2 rings (SSSR count). The summed E-state index contributed by atoms with van der Waals surface area (Å²) in [6.07, 6.45) is 2.48. The summed E-state index contributed by atoms with van der Waals surface area (Å²) in [6.45, 7) is 8.06. The quantitative estimate of drug-likeness (QED) is 0.757. The van der Waals surface area contributed by atoms with Gasteiger partial charge in [0.05, 0.1) is 4.90 Å². The lowest BCUT2D eigenvalue weighted by molar-refractivity contribution is -0.116. The SMILES string of the molecule is Cc1ccc(NC(=O)CC2CCCN2)cc1S(=O)(=O)NC(C)(C)C. The molecule has 1 amide bonds. The number of anilines is 1. The molecule has 0 radical (unpaired) electrons. The van der Waals surface area contributed by atoms with Crippen LogP contribution in [0.15, 0.2) is 23.1 Å². The van der Waals surface area contributed by atoms with Crippen molar-refractivity contribution < 1.29 is 13.2 Å². The van der Waals surface area contributed by atoms with Crippen molar-refractivity contribution in [3.05, 3.63) is 23.8 Å². The van der Waals surface area contributed by atoms with Gasteiger partial charge in [-0.2, -0.15) is 0 Å². The first-order valence-corrected chi connectivity index (χ1v) is 9.73. The minimum Gasteiger partial charge on any atom is -0.326 e. The van der Waals surface area contributed by atoms with E-state index >= 15 is 0 Å². The summed E-state index contributed by atoms with van der Waals surface area (Å²) in [7, 11) is -3.64. The van der Waals surface area contributed by atoms with E-state index in [1.807, 2.05) is 0 Å². The first-order valence-electron chi connectivity index (χ1n) is 8.25. The molecule has 3 N–H and O–H groups in total. The maximum Gasteiger partial charge on any atom is 0.241 e. The molecule has 0 saturated carbocycles. The van der Waals surface area contributed by atoms with Crippen molar-refractivity contribution in [3.8, 4) is 0 Å². The molecule has 1 unspecified atom stereocenters. The van der Waals surface area contributed by atoms with Crippen LogP contribution in [0.4, 0.5) is 5.69 Å². The minimum absolute atomic E-state index is 0.106. The molecular formula is C17H27N3O3S. The van der Waals surface area contributed by atoms with Gasteiger partial charge in [0.2, 0.25) is 15.9 Å². The molecule has 1 atom stereocenters. The standard InChI is InChI=1S/C17H27N3O3S/c1-12-7-8-14(19-16(21)11-13-6-5-9-18-13)10-15(12)24(22,23)20-17(2,3)4/h7-8,10,13,18,20H,5-6,9,11H2,1-4H3,(H,19,21). The van der Waals surface area contributed by atoms with E-state index in [0.717, 1.165) is 19.4 Å². The molecule has 1 fully saturated rings. The fraction of sp³-hybridized carbons (Fsp3) is 0.588. The predicted molar refractivity (Wildman–Crippen MR) is 95.5 cm³/mol. The highest BCUT2D eigenvalue weighted by Gasteiger charge is 2.24. The number of carbonyl (C=O) groups is 1. The molecule has 24 heavy (non-hydrogen) atoms. The number of sulfonamides is 1. The summed E-state index contributed by atoms with van der Waals surface area (Å²) >= 11 is 0. The van der Waals surface area contributed by atoms with Gasteiger partial charge in [-0.15, -0.1) is 0 Å². The Morgan fingerprint density at radius 2 is 2.04 bits per heavy atom. The third-order valence-electron chi connectivity index (χ3n) is 3.80. The average molecular weight is 353 g/mol. The molecule has 0 aliphatic carbocycles. The summed E-state index contributed by atoms with van der Waals surface area (Å²) < 4.78 is 27.7. The number of hydrogen-bond acceptors (Lipinski definition) is 4. The molecule has 1 saturated heterocycles. The van der Waals surface area contributed by atoms with Crippen molar-refractivity contribution >= 4 is 21.6 Å². The van der Waals surface area contributed by atoms with Gasteiger partial charge < -0.3 is 10.6 Å². The Kier molecular flexibility index (Phi) is 5.67. The molecule has 0 bridgehead atoms. The highest BCUT2D eigenvalue weighted by molar-refractivity contribution is 7.89. The second-order valence-corrected chi connectivity index (χ2v) is 9.03. The Hall–Kier alpha value is -1.44. The highest BCUT2D eigenvalue weighted by Crippen LogP contribution is 2.22. The van der Waals surface area contributed by atoms with Gasteiger partial charge in [-0.25, -0.2) is 13.1 Å². The van der Waals surface area contributed by atoms with Gasteiger partial charge in [0, 0.05) is 23.7 Å². The number of benzene rings is 1. The Morgan fingerprint density at radius 3 is 2.62 bits per heavy atom. The van der Waals surface area contributed by atoms with Crippen molar-refractivity contribution in [1.82, 2.24) is 10.0 Å². The van der Waals surface area contributed by atoms with Crippen molar-refractivity contribution in [3.63, 3.8) is 0 Å². The van der Waals surface area contributed by atoms with Crippen LogP contribution in [0.1, 0.15) is 45.6 Å². The van der Waals surface area contributed by atoms with Gasteiger partial charge in [0.25, 0.3) is 0 Å². The summed E-state index contributed by atoms with van der Waals surface area (Å²) in [5.74, 6) is -0.106. The third-order valence-corrected chi connectivity index (χ3v) is 5.70. The number of amides is 1. The van der Waals surface area contributed by atoms with Crippen LogP contribution in [0.5, 0.6) is 0 Å². The number of hydrogen-bond donors (Lipinski definition) is 3. The van der Waals surface area contributed by atoms with E-state index in [-0.39, 0.29) is 16.8 Å². The van der Waals surface area contributed by atoms with Crippen LogP contribution >= 0.6 is 0 Å². The van der Waals surface area contributed by atoms with Crippen LogP contribution in [-0.4, -0.2) is 32.5 Å². The Morgan fingerprint density at radius 1 is 1.33 bits per heavy atom. The average Bonchev–Trinajstić information content (AvgIpc) is 2.90. The first-order chi connectivity index (χ1) is 11.1. The fourth-order valence-corrected chi connectivity index (χ4v) is 4.48. The fourth-order valence-electron chi connectivity index (χ4n) is 2.79. The Bertz CT molecular complexity index is 702. The number of carbonyl (C=O) groups excluding carboxylic acids is 1. The highest BCUT2D eigenvalue weighted by atomic mass is 32.2. The molecule has 0 aromatic heterocycles. The van der Waals surface area contributed by atoms with Crippen molar-refractivity contribution in [1.29, 1.82) is 0 Å². The number of aryl methyl sites for hydroxylation is 1. The molecule has 1 aliphatic heterocycles. The van der Waals surface area contributed by atoms with E-state index in [0.29, 0.717) is 17.7 Å². The van der Waals surface area contributed by atoms with E-state index in [9.17, 15) is 13.2 Å². The molecule has 134 valence electrons. The maximum absolute atomic E-state index is 12.6. The summed E-state index contributed by atoms with van der Waals surface area (Å²) in [4.78, 5) is 12.3. The lowest BCUT2D eigenvalue weighted by Gasteiger charge is -2.21. The van der Waals surface area contributed by atoms with Gasteiger partial charge in [0.15, 0.2) is 0 Å². The van der Waals surface area contributed by atoms with Crippen LogP contribution in [0.25, 0.3) is 0 Å². The van der Waals surface area contributed by atoms with E-state index in [2.05, 4.69) is 15.4 Å². The minimum atomic E-state index is -3.64. The second-order valence-electron chi connectivity index (χ2n) is 7.38. The zero-order valence-electron chi connectivity index (χ0n) is 14.8. The monoisotopic (exact) mass is 353 g/mol. The van der Waals surface area contributed by atoms with E-state index in [1.165, 1.54) is 6.07 Å².